The Bertz CT molecular complexity index is 452. The van der Waals surface area contributed by atoms with Crippen molar-refractivity contribution in [1.29, 1.82) is 0 Å². The van der Waals surface area contributed by atoms with Crippen LogP contribution in [0.4, 0.5) is 5.69 Å². The van der Waals surface area contributed by atoms with E-state index in [9.17, 15) is 14.9 Å². The fraction of sp³-hybridized carbons (Fsp3) is 0.111. The van der Waals surface area contributed by atoms with Crippen LogP contribution in [0.2, 0.25) is 0 Å². The summed E-state index contributed by atoms with van der Waals surface area (Å²) in [6.07, 6.45) is 0. The molecular weight excluding hydrogens is 214 g/mol. The number of nitro benzene ring substituents is 1. The zero-order chi connectivity index (χ0) is 12.1. The molecule has 16 heavy (non-hydrogen) atoms. The largest absolute Gasteiger partial charge is 0.385 e. The molecule has 0 aliphatic heterocycles. The van der Waals surface area contributed by atoms with Crippen molar-refractivity contribution in [2.24, 2.45) is 10.9 Å². The van der Waals surface area contributed by atoms with Crippen LogP contribution >= 0.6 is 0 Å². The maximum atomic E-state index is 11.4. The number of rotatable bonds is 3. The van der Waals surface area contributed by atoms with E-state index in [1.807, 2.05) is 0 Å². The number of amidine groups is 1. The zero-order valence-electron chi connectivity index (χ0n) is 8.41. The topological polar surface area (TPSA) is 108 Å². The molecule has 1 rings (SSSR count). The van der Waals surface area contributed by atoms with Crippen LogP contribution in [0.5, 0.6) is 0 Å². The maximum Gasteiger partial charge on any atom is 0.372 e. The first kappa shape index (κ1) is 11.6. The van der Waals surface area contributed by atoms with Gasteiger partial charge in [0.25, 0.3) is 5.69 Å². The lowest BCUT2D eigenvalue weighted by atomic mass is 10.2. The molecular formula is C9H9N3O4. The van der Waals surface area contributed by atoms with Crippen LogP contribution in [0.15, 0.2) is 29.4 Å². The molecule has 0 bridgehead atoms. The summed E-state index contributed by atoms with van der Waals surface area (Å²) in [7, 11) is 0. The predicted molar refractivity (Wildman–Crippen MR) is 55.8 cm³/mol. The molecule has 0 heterocycles. The Balaban J connectivity index is 2.99. The van der Waals surface area contributed by atoms with Gasteiger partial charge in [-0.2, -0.15) is 0 Å². The van der Waals surface area contributed by atoms with Gasteiger partial charge in [-0.05, 0) is 13.0 Å². The average molecular weight is 223 g/mol. The molecule has 7 nitrogen and oxygen atoms in total. The summed E-state index contributed by atoms with van der Waals surface area (Å²) in [4.78, 5) is 25.7. The number of nitrogens with two attached hydrogens (primary N) is 1. The zero-order valence-corrected chi connectivity index (χ0v) is 8.41. The third-order valence-corrected chi connectivity index (χ3v) is 1.59. The van der Waals surface area contributed by atoms with Crippen molar-refractivity contribution in [3.63, 3.8) is 0 Å². The third kappa shape index (κ3) is 2.77. The van der Waals surface area contributed by atoms with Gasteiger partial charge in [0.1, 0.15) is 11.4 Å². The first-order valence-corrected chi connectivity index (χ1v) is 4.27. The van der Waals surface area contributed by atoms with E-state index in [4.69, 9.17) is 5.73 Å². The van der Waals surface area contributed by atoms with E-state index >= 15 is 0 Å². The first-order chi connectivity index (χ1) is 7.52. The van der Waals surface area contributed by atoms with E-state index in [-0.39, 0.29) is 17.1 Å². The van der Waals surface area contributed by atoms with Gasteiger partial charge in [-0.15, -0.1) is 0 Å². The lowest BCUT2D eigenvalue weighted by Gasteiger charge is -1.99. The van der Waals surface area contributed by atoms with Gasteiger partial charge in [0.2, 0.25) is 0 Å². The van der Waals surface area contributed by atoms with Crippen molar-refractivity contribution >= 4 is 17.5 Å². The monoisotopic (exact) mass is 223 g/mol. The van der Waals surface area contributed by atoms with Crippen molar-refractivity contribution in [3.05, 3.63) is 39.9 Å². The Morgan fingerprint density at radius 2 is 2.12 bits per heavy atom. The molecule has 0 radical (unpaired) electrons. The molecule has 84 valence electrons. The number of benzene rings is 1. The van der Waals surface area contributed by atoms with Gasteiger partial charge in [0.05, 0.1) is 4.92 Å². The molecule has 0 atom stereocenters. The van der Waals surface area contributed by atoms with Crippen LogP contribution in [-0.4, -0.2) is 16.7 Å². The number of nitro groups is 1. The normalized spacial score (nSPS) is 10.9. The summed E-state index contributed by atoms with van der Waals surface area (Å²) in [6, 6.07) is 5.42. The van der Waals surface area contributed by atoms with Crippen molar-refractivity contribution in [3.8, 4) is 0 Å². The maximum absolute atomic E-state index is 11.4. The molecule has 0 saturated heterocycles. The van der Waals surface area contributed by atoms with Gasteiger partial charge < -0.3 is 10.6 Å². The number of para-hydroxylation sites is 1. The number of oxime groups is 1. The van der Waals surface area contributed by atoms with Gasteiger partial charge in [0.15, 0.2) is 0 Å². The third-order valence-electron chi connectivity index (χ3n) is 1.59. The minimum Gasteiger partial charge on any atom is -0.385 e. The summed E-state index contributed by atoms with van der Waals surface area (Å²) in [5.41, 5.74) is 4.65. The van der Waals surface area contributed by atoms with Crippen LogP contribution in [0.1, 0.15) is 17.3 Å². The number of hydrogen-bond acceptors (Lipinski definition) is 5. The van der Waals surface area contributed by atoms with Gasteiger partial charge in [-0.3, -0.25) is 10.1 Å². The highest BCUT2D eigenvalue weighted by atomic mass is 16.7. The van der Waals surface area contributed by atoms with E-state index in [1.165, 1.54) is 31.2 Å². The van der Waals surface area contributed by atoms with E-state index in [0.717, 1.165) is 0 Å². The Hall–Kier alpha value is -2.44. The molecule has 0 aliphatic rings. The second-order valence-corrected chi connectivity index (χ2v) is 2.89. The second-order valence-electron chi connectivity index (χ2n) is 2.89. The van der Waals surface area contributed by atoms with Gasteiger partial charge >= 0.3 is 5.97 Å². The number of hydrogen-bond donors (Lipinski definition) is 1. The number of carbonyl (C=O) groups excluding carboxylic acids is 1. The van der Waals surface area contributed by atoms with Crippen LogP contribution in [-0.2, 0) is 4.84 Å². The van der Waals surface area contributed by atoms with E-state index in [1.54, 1.807) is 0 Å². The lowest BCUT2D eigenvalue weighted by Crippen LogP contribution is -2.10. The fourth-order valence-electron chi connectivity index (χ4n) is 0.968. The SMILES string of the molecule is C/C(N)=N/OC(=O)c1ccccc1[N+](=O)[O-]. The number of nitrogens with zero attached hydrogens (tertiary/aromatic N) is 2. The molecule has 2 N–H and O–H groups in total. The summed E-state index contributed by atoms with van der Waals surface area (Å²) in [5, 5.41) is 13.8. The van der Waals surface area contributed by atoms with Crippen LogP contribution in [0, 0.1) is 10.1 Å². The van der Waals surface area contributed by atoms with Crippen molar-refractivity contribution in [1.82, 2.24) is 0 Å². The summed E-state index contributed by atoms with van der Waals surface area (Å²) in [6.45, 7) is 1.42. The Kier molecular flexibility index (Phi) is 3.54. The molecule has 0 saturated carbocycles. The van der Waals surface area contributed by atoms with E-state index in [2.05, 4.69) is 9.99 Å². The van der Waals surface area contributed by atoms with Gasteiger partial charge in [-0.25, -0.2) is 4.79 Å². The molecule has 1 aromatic carbocycles. The first-order valence-electron chi connectivity index (χ1n) is 4.27. The Morgan fingerprint density at radius 1 is 1.50 bits per heavy atom. The molecule has 7 heteroatoms. The van der Waals surface area contributed by atoms with Crippen molar-refractivity contribution in [2.75, 3.05) is 0 Å². The van der Waals surface area contributed by atoms with Crippen LogP contribution in [0.25, 0.3) is 0 Å². The highest BCUT2D eigenvalue weighted by Crippen LogP contribution is 2.18. The lowest BCUT2D eigenvalue weighted by molar-refractivity contribution is -0.385. The molecule has 0 aliphatic carbocycles. The summed E-state index contributed by atoms with van der Waals surface area (Å²) >= 11 is 0. The smallest absolute Gasteiger partial charge is 0.372 e. The van der Waals surface area contributed by atoms with Gasteiger partial charge in [-0.1, -0.05) is 17.3 Å². The Labute approximate surface area is 90.6 Å². The molecule has 0 spiro atoms. The van der Waals surface area contributed by atoms with Crippen molar-refractivity contribution < 1.29 is 14.6 Å². The quantitative estimate of drug-likeness (QED) is 0.271. The minimum atomic E-state index is -0.919. The van der Waals surface area contributed by atoms with Crippen LogP contribution < -0.4 is 5.73 Å². The van der Waals surface area contributed by atoms with Crippen LogP contribution in [0.3, 0.4) is 0 Å². The standard InChI is InChI=1S/C9H9N3O4/c1-6(10)11-16-9(13)7-4-2-3-5-8(7)12(14)15/h2-5H,1H3,(H2,10,11). The Morgan fingerprint density at radius 3 is 2.69 bits per heavy atom. The molecule has 0 unspecified atom stereocenters. The molecule has 0 aromatic heterocycles. The fourth-order valence-corrected chi connectivity index (χ4v) is 0.968. The second kappa shape index (κ2) is 4.87. The minimum absolute atomic E-state index is 0.0481. The van der Waals surface area contributed by atoms with E-state index < -0.39 is 10.9 Å². The average Bonchev–Trinajstić information content (AvgIpc) is 2.25. The predicted octanol–water partition coefficient (Wildman–Crippen LogP) is 1.04. The summed E-state index contributed by atoms with van der Waals surface area (Å²) < 4.78 is 0. The van der Waals surface area contributed by atoms with Crippen molar-refractivity contribution in [2.45, 2.75) is 6.92 Å². The highest BCUT2D eigenvalue weighted by molar-refractivity contribution is 5.94. The molecule has 0 amide bonds. The van der Waals surface area contributed by atoms with E-state index in [0.29, 0.717) is 0 Å². The van der Waals surface area contributed by atoms with Gasteiger partial charge in [0, 0.05) is 6.07 Å². The summed E-state index contributed by atoms with van der Waals surface area (Å²) in [5.74, 6) is -0.871. The molecule has 0 fully saturated rings. The highest BCUT2D eigenvalue weighted by Gasteiger charge is 2.20. The number of carbonyl (C=O) groups is 1. The molecule has 1 aromatic rings.